The summed E-state index contributed by atoms with van der Waals surface area (Å²) in [6.07, 6.45) is 0.241. The molecule has 2 aromatic carbocycles. The Morgan fingerprint density at radius 2 is 1.47 bits per heavy atom. The lowest BCUT2D eigenvalue weighted by Gasteiger charge is -2.04. The fourth-order valence-corrected chi connectivity index (χ4v) is 1.50. The van der Waals surface area contributed by atoms with Crippen molar-refractivity contribution in [2.24, 2.45) is 0 Å². The van der Waals surface area contributed by atoms with Gasteiger partial charge in [0, 0.05) is 5.56 Å². The lowest BCUT2D eigenvalue weighted by molar-refractivity contribution is -0.104. The van der Waals surface area contributed by atoms with Crippen LogP contribution in [0, 0.1) is 0 Å². The first-order valence-corrected chi connectivity index (χ1v) is 5.57. The minimum Gasteiger partial charge on any atom is -0.423 e. The summed E-state index contributed by atoms with van der Waals surface area (Å²) in [7, 11) is 0. The van der Waals surface area contributed by atoms with Gasteiger partial charge in [0.25, 0.3) is 0 Å². The van der Waals surface area contributed by atoms with E-state index in [1.165, 1.54) is 24.3 Å². The van der Waals surface area contributed by atoms with Crippen molar-refractivity contribution in [2.45, 2.75) is 0 Å². The summed E-state index contributed by atoms with van der Waals surface area (Å²) >= 11 is 0. The van der Waals surface area contributed by atoms with Crippen molar-refractivity contribution in [1.29, 1.82) is 0 Å². The summed E-state index contributed by atoms with van der Waals surface area (Å²) in [5.41, 5.74) is 0.699. The molecular weight excluding hydrogens is 244 g/mol. The molecule has 2 rings (SSSR count). The number of ketones is 1. The van der Waals surface area contributed by atoms with E-state index in [2.05, 4.69) is 0 Å². The van der Waals surface area contributed by atoms with E-state index in [4.69, 9.17) is 4.74 Å². The van der Waals surface area contributed by atoms with Crippen LogP contribution in [0.4, 0.5) is 0 Å². The smallest absolute Gasteiger partial charge is 0.343 e. The molecule has 0 aliphatic rings. The highest BCUT2D eigenvalue weighted by molar-refractivity contribution is 6.33. The Labute approximate surface area is 109 Å². The first kappa shape index (κ1) is 12.7. The Kier molecular flexibility index (Phi) is 3.83. The van der Waals surface area contributed by atoms with E-state index in [9.17, 15) is 14.4 Å². The highest BCUT2D eigenvalue weighted by atomic mass is 16.5. The second-order valence-electron chi connectivity index (χ2n) is 3.76. The minimum absolute atomic E-state index is 0.241. The van der Waals surface area contributed by atoms with Gasteiger partial charge < -0.3 is 4.74 Å². The number of hydrogen-bond donors (Lipinski definition) is 0. The first-order chi connectivity index (χ1) is 9.20. The third kappa shape index (κ3) is 3.13. The van der Waals surface area contributed by atoms with E-state index < -0.39 is 11.8 Å². The van der Waals surface area contributed by atoms with E-state index in [-0.39, 0.29) is 11.8 Å². The molecule has 2 aromatic rings. The van der Waals surface area contributed by atoms with Gasteiger partial charge in [-0.2, -0.15) is 0 Å². The molecule has 0 fully saturated rings. The fourth-order valence-electron chi connectivity index (χ4n) is 1.50. The molecule has 4 nitrogen and oxygen atoms in total. The average Bonchev–Trinajstić information content (AvgIpc) is 2.48. The number of benzene rings is 2. The molecular formula is C15H10O4. The largest absolute Gasteiger partial charge is 0.423 e. The standard InChI is InChI=1S/C15H10O4/c16-10-14(17)11-6-8-13(9-7-11)19-15(18)12-4-2-1-3-5-12/h1-10H. The summed E-state index contributed by atoms with van der Waals surface area (Å²) in [5, 5.41) is 0. The summed E-state index contributed by atoms with van der Waals surface area (Å²) < 4.78 is 5.13. The lowest BCUT2D eigenvalue weighted by atomic mass is 10.1. The van der Waals surface area contributed by atoms with Crippen LogP contribution in [0.1, 0.15) is 20.7 Å². The van der Waals surface area contributed by atoms with Crippen molar-refractivity contribution in [3.8, 4) is 5.75 Å². The Morgan fingerprint density at radius 1 is 0.842 bits per heavy atom. The molecule has 0 amide bonds. The van der Waals surface area contributed by atoms with Crippen molar-refractivity contribution < 1.29 is 19.1 Å². The van der Waals surface area contributed by atoms with Gasteiger partial charge in [0.15, 0.2) is 6.29 Å². The lowest BCUT2D eigenvalue weighted by Crippen LogP contribution is -2.08. The summed E-state index contributed by atoms with van der Waals surface area (Å²) in [6, 6.07) is 14.4. The van der Waals surface area contributed by atoms with Crippen molar-refractivity contribution in [3.05, 3.63) is 65.7 Å². The Bertz CT molecular complexity index is 600. The van der Waals surface area contributed by atoms with Crippen LogP contribution in [-0.4, -0.2) is 18.0 Å². The van der Waals surface area contributed by atoms with Gasteiger partial charge in [-0.1, -0.05) is 18.2 Å². The maximum atomic E-state index is 11.7. The summed E-state index contributed by atoms with van der Waals surface area (Å²) in [5.74, 6) is -0.771. The molecule has 0 unspecified atom stereocenters. The van der Waals surface area contributed by atoms with Crippen LogP contribution in [-0.2, 0) is 4.79 Å². The van der Waals surface area contributed by atoms with Crippen molar-refractivity contribution in [1.82, 2.24) is 0 Å². The minimum atomic E-state index is -0.610. The zero-order valence-electron chi connectivity index (χ0n) is 9.91. The number of carbonyl (C=O) groups excluding carboxylic acids is 3. The maximum absolute atomic E-state index is 11.7. The van der Waals surface area contributed by atoms with Gasteiger partial charge in [0.1, 0.15) is 5.75 Å². The van der Waals surface area contributed by atoms with Crippen molar-refractivity contribution in [3.63, 3.8) is 0 Å². The maximum Gasteiger partial charge on any atom is 0.343 e. The van der Waals surface area contributed by atoms with Crippen LogP contribution >= 0.6 is 0 Å². The number of Topliss-reactive ketones (excluding diaryl/α,β-unsaturated/α-hetero) is 1. The van der Waals surface area contributed by atoms with Crippen LogP contribution in [0.5, 0.6) is 5.75 Å². The molecule has 0 heterocycles. The molecule has 0 bridgehead atoms. The van der Waals surface area contributed by atoms with Gasteiger partial charge in [0.05, 0.1) is 5.56 Å². The average molecular weight is 254 g/mol. The Balaban J connectivity index is 2.10. The molecule has 0 aliphatic heterocycles. The van der Waals surface area contributed by atoms with Crippen LogP contribution in [0.2, 0.25) is 0 Å². The van der Waals surface area contributed by atoms with E-state index in [0.717, 1.165) is 0 Å². The number of esters is 1. The van der Waals surface area contributed by atoms with Gasteiger partial charge in [-0.05, 0) is 36.4 Å². The first-order valence-electron chi connectivity index (χ1n) is 5.57. The monoisotopic (exact) mass is 254 g/mol. The molecule has 0 radical (unpaired) electrons. The molecule has 0 spiro atoms. The molecule has 0 saturated heterocycles. The topological polar surface area (TPSA) is 60.4 Å². The zero-order chi connectivity index (χ0) is 13.7. The van der Waals surface area contributed by atoms with Gasteiger partial charge in [-0.3, -0.25) is 9.59 Å². The third-order valence-corrected chi connectivity index (χ3v) is 2.47. The molecule has 19 heavy (non-hydrogen) atoms. The van der Waals surface area contributed by atoms with E-state index in [1.54, 1.807) is 30.3 Å². The molecule has 0 atom stereocenters. The number of ether oxygens (including phenoxy) is 1. The number of hydrogen-bond acceptors (Lipinski definition) is 4. The molecule has 0 aliphatic carbocycles. The van der Waals surface area contributed by atoms with Crippen LogP contribution in [0.25, 0.3) is 0 Å². The van der Waals surface area contributed by atoms with E-state index in [1.807, 2.05) is 0 Å². The predicted octanol–water partition coefficient (Wildman–Crippen LogP) is 2.29. The molecule has 0 N–H and O–H groups in total. The normalized spacial score (nSPS) is 9.68. The molecule has 0 saturated carbocycles. The number of aldehydes is 1. The SMILES string of the molecule is O=CC(=O)c1ccc(OC(=O)c2ccccc2)cc1. The van der Waals surface area contributed by atoms with Gasteiger partial charge >= 0.3 is 5.97 Å². The summed E-state index contributed by atoms with van der Waals surface area (Å²) in [6.45, 7) is 0. The summed E-state index contributed by atoms with van der Waals surface area (Å²) in [4.78, 5) is 33.2. The molecule has 0 aromatic heterocycles. The van der Waals surface area contributed by atoms with Gasteiger partial charge in [-0.25, -0.2) is 4.79 Å². The number of rotatable bonds is 4. The molecule has 4 heteroatoms. The highest BCUT2D eigenvalue weighted by Gasteiger charge is 2.08. The van der Waals surface area contributed by atoms with Crippen LogP contribution in [0.3, 0.4) is 0 Å². The third-order valence-electron chi connectivity index (χ3n) is 2.47. The van der Waals surface area contributed by atoms with Gasteiger partial charge in [-0.15, -0.1) is 0 Å². The second kappa shape index (κ2) is 5.73. The van der Waals surface area contributed by atoms with E-state index >= 15 is 0 Å². The van der Waals surface area contributed by atoms with Crippen molar-refractivity contribution >= 4 is 18.0 Å². The number of carbonyl (C=O) groups is 3. The highest BCUT2D eigenvalue weighted by Crippen LogP contribution is 2.14. The van der Waals surface area contributed by atoms with Crippen LogP contribution < -0.4 is 4.74 Å². The van der Waals surface area contributed by atoms with Gasteiger partial charge in [0.2, 0.25) is 5.78 Å². The predicted molar refractivity (Wildman–Crippen MR) is 68.2 cm³/mol. The van der Waals surface area contributed by atoms with Crippen molar-refractivity contribution in [2.75, 3.05) is 0 Å². The fraction of sp³-hybridized carbons (Fsp3) is 0. The van der Waals surface area contributed by atoms with E-state index in [0.29, 0.717) is 11.3 Å². The second-order valence-corrected chi connectivity index (χ2v) is 3.76. The van der Waals surface area contributed by atoms with Crippen LogP contribution in [0.15, 0.2) is 54.6 Å². The molecule has 94 valence electrons. The zero-order valence-corrected chi connectivity index (χ0v) is 9.91. The quantitative estimate of drug-likeness (QED) is 0.276. The Hall–Kier alpha value is -2.75. The Morgan fingerprint density at radius 3 is 2.05 bits per heavy atom.